The Morgan fingerprint density at radius 3 is 2.76 bits per heavy atom. The average Bonchev–Trinajstić information content (AvgIpc) is 2.51. The van der Waals surface area contributed by atoms with Crippen LogP contribution >= 0.6 is 0 Å². The number of hydrogen-bond acceptors (Lipinski definition) is 4. The van der Waals surface area contributed by atoms with Gasteiger partial charge < -0.3 is 0 Å². The van der Waals surface area contributed by atoms with Crippen molar-refractivity contribution in [2.24, 2.45) is 4.99 Å². The Bertz CT molecular complexity index is 866. The first-order valence-corrected chi connectivity index (χ1v) is 7.69. The molecule has 0 radical (unpaired) electrons. The maximum Gasteiger partial charge on any atom is 0.267 e. The van der Waals surface area contributed by atoms with E-state index in [1.54, 1.807) is 48.5 Å². The highest BCUT2D eigenvalue weighted by atomic mass is 32.2. The molecule has 0 unspecified atom stereocenters. The summed E-state index contributed by atoms with van der Waals surface area (Å²) in [6, 6.07) is 15.5. The molecular weight excluding hydrogens is 286 g/mol. The second kappa shape index (κ2) is 5.04. The van der Waals surface area contributed by atoms with E-state index in [0.29, 0.717) is 11.3 Å². The van der Waals surface area contributed by atoms with Crippen LogP contribution in [0.5, 0.6) is 0 Å². The van der Waals surface area contributed by atoms with Gasteiger partial charge in [-0.25, -0.2) is 13.4 Å². The highest BCUT2D eigenvalue weighted by molar-refractivity contribution is 7.89. The van der Waals surface area contributed by atoms with Crippen molar-refractivity contribution in [1.82, 2.24) is 4.31 Å². The molecule has 5 nitrogen and oxygen atoms in total. The number of nitrogens with zero attached hydrogens (tertiary/aromatic N) is 3. The fourth-order valence-corrected chi connectivity index (χ4v) is 3.52. The Balaban J connectivity index is 1.97. The van der Waals surface area contributed by atoms with E-state index in [0.717, 1.165) is 5.56 Å². The number of fused-ring (bicyclic) bond motifs is 1. The zero-order valence-electron chi connectivity index (χ0n) is 11.0. The number of nitriles is 1. The normalized spacial score (nSPS) is 15.3. The largest absolute Gasteiger partial charge is 0.267 e. The summed E-state index contributed by atoms with van der Waals surface area (Å²) in [6.45, 7) is 0.148. The molecule has 0 spiro atoms. The van der Waals surface area contributed by atoms with E-state index >= 15 is 0 Å². The van der Waals surface area contributed by atoms with Crippen LogP contribution in [0.15, 0.2) is 58.4 Å². The standard InChI is InChI=1S/C15H11N3O2S/c16-9-12-4-3-5-13(8-12)10-18-11-17-14-6-1-2-7-15(14)21(18,19)20/h1-8,11H,10H2. The molecule has 1 aliphatic heterocycles. The van der Waals surface area contributed by atoms with Crippen molar-refractivity contribution in [2.75, 3.05) is 0 Å². The second-order valence-corrected chi connectivity index (χ2v) is 6.43. The van der Waals surface area contributed by atoms with Gasteiger partial charge in [0.15, 0.2) is 0 Å². The highest BCUT2D eigenvalue weighted by Gasteiger charge is 2.28. The molecule has 6 heteroatoms. The molecule has 104 valence electrons. The predicted octanol–water partition coefficient (Wildman–Crippen LogP) is 2.42. The van der Waals surface area contributed by atoms with Gasteiger partial charge in [0.05, 0.1) is 23.9 Å². The first-order chi connectivity index (χ1) is 10.1. The van der Waals surface area contributed by atoms with Crippen molar-refractivity contribution in [1.29, 1.82) is 5.26 Å². The van der Waals surface area contributed by atoms with Crippen LogP contribution in [0.1, 0.15) is 11.1 Å². The fraction of sp³-hybridized carbons (Fsp3) is 0.0667. The summed E-state index contributed by atoms with van der Waals surface area (Å²) in [5.41, 5.74) is 1.68. The summed E-state index contributed by atoms with van der Waals surface area (Å²) in [5.74, 6) is 0. The first-order valence-electron chi connectivity index (χ1n) is 6.25. The lowest BCUT2D eigenvalue weighted by Crippen LogP contribution is -2.31. The maximum atomic E-state index is 12.5. The molecule has 0 atom stereocenters. The van der Waals surface area contributed by atoms with Crippen LogP contribution < -0.4 is 0 Å². The van der Waals surface area contributed by atoms with Gasteiger partial charge in [-0.05, 0) is 29.8 Å². The lowest BCUT2D eigenvalue weighted by atomic mass is 10.1. The van der Waals surface area contributed by atoms with Gasteiger partial charge in [-0.15, -0.1) is 0 Å². The molecule has 0 bridgehead atoms. The molecule has 2 aromatic rings. The third kappa shape index (κ3) is 2.39. The van der Waals surface area contributed by atoms with E-state index in [2.05, 4.69) is 4.99 Å². The van der Waals surface area contributed by atoms with Crippen molar-refractivity contribution in [3.63, 3.8) is 0 Å². The number of hydrogen-bond donors (Lipinski definition) is 0. The van der Waals surface area contributed by atoms with E-state index in [-0.39, 0.29) is 11.4 Å². The number of para-hydroxylation sites is 1. The zero-order chi connectivity index (χ0) is 14.9. The van der Waals surface area contributed by atoms with Gasteiger partial charge in [0, 0.05) is 0 Å². The monoisotopic (exact) mass is 297 g/mol. The minimum absolute atomic E-state index is 0.148. The molecule has 3 rings (SSSR count). The van der Waals surface area contributed by atoms with E-state index in [1.807, 2.05) is 6.07 Å². The highest BCUT2D eigenvalue weighted by Crippen LogP contribution is 2.30. The SMILES string of the molecule is N#Cc1cccc(CN2C=Nc3ccccc3S2(=O)=O)c1. The molecule has 1 aliphatic rings. The number of benzene rings is 2. The summed E-state index contributed by atoms with van der Waals surface area (Å²) in [5, 5.41) is 8.89. The van der Waals surface area contributed by atoms with Gasteiger partial charge in [-0.3, -0.25) is 4.31 Å². The van der Waals surface area contributed by atoms with Crippen molar-refractivity contribution >= 4 is 22.0 Å². The van der Waals surface area contributed by atoms with Crippen LogP contribution in [0, 0.1) is 11.3 Å². The Hall–Kier alpha value is -2.65. The molecule has 0 saturated heterocycles. The lowest BCUT2D eigenvalue weighted by molar-refractivity contribution is 0.521. The molecule has 0 fully saturated rings. The third-order valence-electron chi connectivity index (χ3n) is 3.17. The molecule has 0 aromatic heterocycles. The van der Waals surface area contributed by atoms with E-state index in [4.69, 9.17) is 5.26 Å². The van der Waals surface area contributed by atoms with E-state index in [1.165, 1.54) is 10.6 Å². The van der Waals surface area contributed by atoms with Gasteiger partial charge in [-0.2, -0.15) is 5.26 Å². The van der Waals surface area contributed by atoms with Gasteiger partial charge in [0.25, 0.3) is 10.0 Å². The summed E-state index contributed by atoms with van der Waals surface area (Å²) in [7, 11) is -3.60. The van der Waals surface area contributed by atoms with Gasteiger partial charge in [-0.1, -0.05) is 24.3 Å². The predicted molar refractivity (Wildman–Crippen MR) is 78.5 cm³/mol. The Morgan fingerprint density at radius 1 is 1.14 bits per heavy atom. The Labute approximate surface area is 122 Å². The minimum atomic E-state index is -3.60. The van der Waals surface area contributed by atoms with Crippen LogP contribution in [0.3, 0.4) is 0 Å². The average molecular weight is 297 g/mol. The summed E-state index contributed by atoms with van der Waals surface area (Å²) in [6.07, 6.45) is 1.32. The Kier molecular flexibility index (Phi) is 3.20. The van der Waals surface area contributed by atoms with Gasteiger partial charge in [0.1, 0.15) is 11.2 Å². The maximum absolute atomic E-state index is 12.5. The number of sulfonamides is 1. The van der Waals surface area contributed by atoms with E-state index in [9.17, 15) is 8.42 Å². The molecule has 2 aromatic carbocycles. The van der Waals surface area contributed by atoms with Crippen LogP contribution in [0.25, 0.3) is 0 Å². The topological polar surface area (TPSA) is 73.5 Å². The smallest absolute Gasteiger partial charge is 0.252 e. The zero-order valence-corrected chi connectivity index (χ0v) is 11.8. The van der Waals surface area contributed by atoms with Gasteiger partial charge in [0.2, 0.25) is 0 Å². The van der Waals surface area contributed by atoms with Crippen molar-refractivity contribution in [3.05, 3.63) is 59.7 Å². The quantitative estimate of drug-likeness (QED) is 0.854. The van der Waals surface area contributed by atoms with Crippen molar-refractivity contribution in [2.45, 2.75) is 11.4 Å². The van der Waals surface area contributed by atoms with Crippen LogP contribution in [0.2, 0.25) is 0 Å². The van der Waals surface area contributed by atoms with Gasteiger partial charge >= 0.3 is 0 Å². The van der Waals surface area contributed by atoms with Crippen LogP contribution in [-0.4, -0.2) is 19.1 Å². The second-order valence-electron chi connectivity index (χ2n) is 4.57. The summed E-state index contributed by atoms with van der Waals surface area (Å²) < 4.78 is 26.3. The molecule has 0 saturated carbocycles. The summed E-state index contributed by atoms with van der Waals surface area (Å²) >= 11 is 0. The lowest BCUT2D eigenvalue weighted by Gasteiger charge is -2.24. The molecule has 0 N–H and O–H groups in total. The third-order valence-corrected chi connectivity index (χ3v) is 4.91. The first kappa shape index (κ1) is 13.3. The molecule has 1 heterocycles. The number of rotatable bonds is 2. The van der Waals surface area contributed by atoms with Crippen molar-refractivity contribution < 1.29 is 8.42 Å². The molecule has 0 amide bonds. The Morgan fingerprint density at radius 2 is 1.95 bits per heavy atom. The van der Waals surface area contributed by atoms with Crippen molar-refractivity contribution in [3.8, 4) is 6.07 Å². The van der Waals surface area contributed by atoms with Crippen LogP contribution in [0.4, 0.5) is 5.69 Å². The fourth-order valence-electron chi connectivity index (χ4n) is 2.14. The van der Waals surface area contributed by atoms with Crippen LogP contribution in [-0.2, 0) is 16.6 Å². The number of aliphatic imine (C=N–C) groups is 1. The molecular formula is C15H11N3O2S. The molecule has 0 aliphatic carbocycles. The molecule has 21 heavy (non-hydrogen) atoms. The summed E-state index contributed by atoms with van der Waals surface area (Å²) in [4.78, 5) is 4.36. The van der Waals surface area contributed by atoms with E-state index < -0.39 is 10.0 Å². The minimum Gasteiger partial charge on any atom is -0.252 e.